The van der Waals surface area contributed by atoms with E-state index in [1.54, 1.807) is 25.1 Å². The average molecular weight is 410 g/mol. The highest BCUT2D eigenvalue weighted by atomic mass is 32.2. The number of rotatable bonds is 5. The van der Waals surface area contributed by atoms with Crippen molar-refractivity contribution >= 4 is 22.7 Å². The molecule has 148 valence electrons. The van der Waals surface area contributed by atoms with Crippen LogP contribution in [0.25, 0.3) is 0 Å². The summed E-state index contributed by atoms with van der Waals surface area (Å²) in [6.45, 7) is 1.64. The predicted octanol–water partition coefficient (Wildman–Crippen LogP) is 3.06. The van der Waals surface area contributed by atoms with Gasteiger partial charge < -0.3 is 10.8 Å². The zero-order valence-corrected chi connectivity index (χ0v) is 16.5. The number of hydrogen-bond donors (Lipinski definition) is 2. The van der Waals surface area contributed by atoms with Crippen LogP contribution in [-0.2, 0) is 12.0 Å². The maximum Gasteiger partial charge on any atom is 0.185 e. The highest BCUT2D eigenvalue weighted by molar-refractivity contribution is 8.17. The van der Waals surface area contributed by atoms with Crippen molar-refractivity contribution in [1.29, 1.82) is 5.26 Å². The molecule has 3 N–H and O–H groups in total. The summed E-state index contributed by atoms with van der Waals surface area (Å²) in [6, 6.07) is 9.48. The summed E-state index contributed by atoms with van der Waals surface area (Å²) >= 11 is 1.25. The SMILES string of the molecule is C[C@@]1(c2cc(CC(=O)c3ccc(C#N)cn3)ccc2F)C/C(=C/CO)SC(N)=N1. The van der Waals surface area contributed by atoms with Crippen molar-refractivity contribution in [3.05, 3.63) is 75.7 Å². The van der Waals surface area contributed by atoms with Crippen molar-refractivity contribution in [1.82, 2.24) is 4.98 Å². The molecular formula is C21H19FN4O2S. The van der Waals surface area contributed by atoms with E-state index in [4.69, 9.17) is 11.0 Å². The van der Waals surface area contributed by atoms with Crippen LogP contribution in [0.4, 0.5) is 4.39 Å². The van der Waals surface area contributed by atoms with Crippen molar-refractivity contribution in [3.63, 3.8) is 0 Å². The molecule has 0 unspecified atom stereocenters. The van der Waals surface area contributed by atoms with E-state index in [1.807, 2.05) is 6.07 Å². The highest BCUT2D eigenvalue weighted by Gasteiger charge is 2.34. The molecule has 0 bridgehead atoms. The zero-order valence-electron chi connectivity index (χ0n) is 15.7. The standard InChI is InChI=1S/C21H19FN4O2S/c1-21(10-15(6-7-27)29-20(24)26-21)16-8-13(2-4-17(16)22)9-19(28)18-5-3-14(11-23)12-25-18/h2-6,8,12,27H,7,9-10H2,1H3,(H2,24,26)/b15-6-/t21-/m0/s1. The number of nitrogens with two attached hydrogens (primary N) is 1. The molecule has 1 aromatic heterocycles. The van der Waals surface area contributed by atoms with Gasteiger partial charge in [0.1, 0.15) is 17.6 Å². The maximum atomic E-state index is 14.7. The number of carbonyl (C=O) groups excluding carboxylic acids is 1. The third kappa shape index (κ3) is 4.70. The molecule has 0 aliphatic carbocycles. The number of benzene rings is 1. The Morgan fingerprint density at radius 2 is 2.24 bits per heavy atom. The first kappa shape index (κ1) is 20.7. The number of nitrogens with zero attached hydrogens (tertiary/aromatic N) is 3. The van der Waals surface area contributed by atoms with Gasteiger partial charge in [0, 0.05) is 24.6 Å². The topological polar surface area (TPSA) is 112 Å². The van der Waals surface area contributed by atoms with Crippen LogP contribution in [0.15, 0.2) is 52.5 Å². The third-order valence-corrected chi connectivity index (χ3v) is 5.46. The molecule has 0 radical (unpaired) electrons. The largest absolute Gasteiger partial charge is 0.392 e. The molecular weight excluding hydrogens is 391 g/mol. The first-order chi connectivity index (χ1) is 13.8. The minimum absolute atomic E-state index is 0.0372. The van der Waals surface area contributed by atoms with Crippen LogP contribution >= 0.6 is 11.8 Å². The van der Waals surface area contributed by atoms with Crippen LogP contribution < -0.4 is 5.73 Å². The molecule has 29 heavy (non-hydrogen) atoms. The van der Waals surface area contributed by atoms with Gasteiger partial charge in [0.05, 0.1) is 17.7 Å². The number of Topliss-reactive ketones (excluding diaryl/α,β-unsaturated/α-hetero) is 1. The Bertz CT molecular complexity index is 1040. The van der Waals surface area contributed by atoms with Gasteiger partial charge in [-0.2, -0.15) is 5.26 Å². The Kier molecular flexibility index (Phi) is 6.11. The molecule has 2 heterocycles. The molecule has 8 heteroatoms. The van der Waals surface area contributed by atoms with E-state index in [9.17, 15) is 14.3 Å². The van der Waals surface area contributed by atoms with Gasteiger partial charge >= 0.3 is 0 Å². The van der Waals surface area contributed by atoms with Gasteiger partial charge in [0.15, 0.2) is 11.0 Å². The lowest BCUT2D eigenvalue weighted by Crippen LogP contribution is -2.29. The van der Waals surface area contributed by atoms with E-state index in [2.05, 4.69) is 9.98 Å². The number of nitriles is 1. The normalized spacial score (nSPS) is 20.2. The summed E-state index contributed by atoms with van der Waals surface area (Å²) in [5.74, 6) is -0.674. The Balaban J connectivity index is 1.89. The molecule has 0 saturated carbocycles. The number of aliphatic imine (C=N–C) groups is 1. The molecule has 1 aliphatic heterocycles. The number of pyridine rings is 1. The second-order valence-electron chi connectivity index (χ2n) is 6.81. The summed E-state index contributed by atoms with van der Waals surface area (Å²) in [5.41, 5.74) is 6.55. The summed E-state index contributed by atoms with van der Waals surface area (Å²) in [4.78, 5) is 21.8. The van der Waals surface area contributed by atoms with E-state index < -0.39 is 11.4 Å². The second kappa shape index (κ2) is 8.55. The summed E-state index contributed by atoms with van der Waals surface area (Å²) < 4.78 is 14.7. The molecule has 2 aromatic rings. The second-order valence-corrected chi connectivity index (χ2v) is 7.96. The molecule has 1 aliphatic rings. The molecule has 0 spiro atoms. The number of aliphatic hydroxyl groups excluding tert-OH is 1. The zero-order chi connectivity index (χ0) is 21.0. The van der Waals surface area contributed by atoms with E-state index >= 15 is 0 Å². The number of ketones is 1. The van der Waals surface area contributed by atoms with Gasteiger partial charge in [0.25, 0.3) is 0 Å². The fourth-order valence-electron chi connectivity index (χ4n) is 3.18. The number of aromatic nitrogens is 1. The Hall–Kier alpha value is -3.02. The Labute approximate surface area is 172 Å². The van der Waals surface area contributed by atoms with Gasteiger partial charge in [-0.05, 0) is 47.7 Å². The third-order valence-electron chi connectivity index (χ3n) is 4.58. The molecule has 1 atom stereocenters. The van der Waals surface area contributed by atoms with Gasteiger partial charge in [-0.1, -0.05) is 17.8 Å². The molecule has 6 nitrogen and oxygen atoms in total. The Morgan fingerprint density at radius 3 is 2.90 bits per heavy atom. The van der Waals surface area contributed by atoms with E-state index in [0.29, 0.717) is 28.3 Å². The van der Waals surface area contributed by atoms with Gasteiger partial charge in [-0.25, -0.2) is 4.39 Å². The number of carbonyl (C=O) groups is 1. The molecule has 0 fully saturated rings. The fourth-order valence-corrected chi connectivity index (χ4v) is 4.21. The highest BCUT2D eigenvalue weighted by Crippen LogP contribution is 2.42. The van der Waals surface area contributed by atoms with Crippen LogP contribution in [0, 0.1) is 17.1 Å². The smallest absolute Gasteiger partial charge is 0.185 e. The van der Waals surface area contributed by atoms with Crippen LogP contribution in [0.5, 0.6) is 0 Å². The first-order valence-electron chi connectivity index (χ1n) is 8.86. The molecule has 1 aromatic carbocycles. The van der Waals surface area contributed by atoms with E-state index in [0.717, 1.165) is 4.91 Å². The maximum absolute atomic E-state index is 14.7. The summed E-state index contributed by atoms with van der Waals surface area (Å²) in [7, 11) is 0. The number of hydrogen-bond acceptors (Lipinski definition) is 7. The Morgan fingerprint density at radius 1 is 1.45 bits per heavy atom. The van der Waals surface area contributed by atoms with Crippen molar-refractivity contribution in [2.75, 3.05) is 6.61 Å². The van der Waals surface area contributed by atoms with E-state index in [-0.39, 0.29) is 24.5 Å². The first-order valence-corrected chi connectivity index (χ1v) is 9.67. The lowest BCUT2D eigenvalue weighted by molar-refractivity contribution is 0.0988. The van der Waals surface area contributed by atoms with Crippen molar-refractivity contribution in [2.24, 2.45) is 10.7 Å². The number of aliphatic hydroxyl groups is 1. The summed E-state index contributed by atoms with van der Waals surface area (Å²) in [6.07, 6.45) is 3.41. The van der Waals surface area contributed by atoms with Crippen LogP contribution in [-0.4, -0.2) is 27.6 Å². The number of thioether (sulfide) groups is 1. The fraction of sp³-hybridized carbons (Fsp3) is 0.238. The van der Waals surface area contributed by atoms with Crippen molar-refractivity contribution in [3.8, 4) is 6.07 Å². The van der Waals surface area contributed by atoms with E-state index in [1.165, 1.54) is 36.2 Å². The van der Waals surface area contributed by atoms with Crippen molar-refractivity contribution < 1.29 is 14.3 Å². The van der Waals surface area contributed by atoms with Crippen LogP contribution in [0.2, 0.25) is 0 Å². The lowest BCUT2D eigenvalue weighted by atomic mass is 9.86. The van der Waals surface area contributed by atoms with Crippen LogP contribution in [0.3, 0.4) is 0 Å². The quantitative estimate of drug-likeness (QED) is 0.733. The molecule has 0 saturated heterocycles. The lowest BCUT2D eigenvalue weighted by Gasteiger charge is -2.31. The van der Waals surface area contributed by atoms with Gasteiger partial charge in [-0.15, -0.1) is 0 Å². The van der Waals surface area contributed by atoms with Gasteiger partial charge in [-0.3, -0.25) is 14.8 Å². The number of halogens is 1. The summed E-state index contributed by atoms with van der Waals surface area (Å²) in [5, 5.41) is 18.3. The monoisotopic (exact) mass is 410 g/mol. The minimum atomic E-state index is -0.938. The average Bonchev–Trinajstić information content (AvgIpc) is 2.69. The van der Waals surface area contributed by atoms with Crippen LogP contribution in [0.1, 0.15) is 40.5 Å². The number of amidine groups is 1. The molecule has 3 rings (SSSR count). The minimum Gasteiger partial charge on any atom is -0.392 e. The van der Waals surface area contributed by atoms with Gasteiger partial charge in [0.2, 0.25) is 0 Å². The predicted molar refractivity (Wildman–Crippen MR) is 110 cm³/mol. The van der Waals surface area contributed by atoms with Crippen molar-refractivity contribution in [2.45, 2.75) is 25.3 Å². The molecule has 0 amide bonds.